The van der Waals surface area contributed by atoms with Gasteiger partial charge in [0.2, 0.25) is 11.8 Å². The zero-order valence-electron chi connectivity index (χ0n) is 18.9. The Morgan fingerprint density at radius 2 is 1.69 bits per heavy atom. The summed E-state index contributed by atoms with van der Waals surface area (Å²) < 4.78 is 10.6. The average molecular weight is 481 g/mol. The summed E-state index contributed by atoms with van der Waals surface area (Å²) in [6.07, 6.45) is 1.17. The van der Waals surface area contributed by atoms with Gasteiger partial charge in [0.15, 0.2) is 11.5 Å². The summed E-state index contributed by atoms with van der Waals surface area (Å²) in [6.45, 7) is 4.36. The molecule has 174 valence electrons. The second-order valence-corrected chi connectivity index (χ2v) is 8.04. The molecule has 0 aliphatic carbocycles. The van der Waals surface area contributed by atoms with E-state index in [1.807, 2.05) is 32.0 Å². The maximum absolute atomic E-state index is 13.3. The number of nitrogens with one attached hydrogen (secondary N) is 1. The quantitative estimate of drug-likeness (QED) is 0.497. The lowest BCUT2D eigenvalue weighted by Gasteiger charge is -2.31. The summed E-state index contributed by atoms with van der Waals surface area (Å²) >= 11 is 12.7. The van der Waals surface area contributed by atoms with Gasteiger partial charge in [0.05, 0.1) is 14.2 Å². The molecule has 0 aromatic heterocycles. The van der Waals surface area contributed by atoms with Gasteiger partial charge in [-0.25, -0.2) is 0 Å². The molecule has 2 rings (SSSR count). The lowest BCUT2D eigenvalue weighted by Crippen LogP contribution is -2.49. The number of nitrogens with zero attached hydrogens (tertiary/aromatic N) is 1. The van der Waals surface area contributed by atoms with Crippen LogP contribution in [-0.2, 0) is 22.6 Å². The number of hydrogen-bond donors (Lipinski definition) is 1. The van der Waals surface area contributed by atoms with Crippen molar-refractivity contribution < 1.29 is 19.1 Å². The Kier molecular flexibility index (Phi) is 10.1. The number of aryl methyl sites for hydroxylation is 1. The Hall–Kier alpha value is -2.44. The van der Waals surface area contributed by atoms with Crippen molar-refractivity contribution in [3.63, 3.8) is 0 Å². The van der Waals surface area contributed by atoms with E-state index >= 15 is 0 Å². The second kappa shape index (κ2) is 12.6. The summed E-state index contributed by atoms with van der Waals surface area (Å²) in [5, 5.41) is 3.74. The molecule has 0 saturated carbocycles. The van der Waals surface area contributed by atoms with Crippen LogP contribution in [0.2, 0.25) is 10.0 Å². The number of ether oxygens (including phenoxy) is 2. The smallest absolute Gasteiger partial charge is 0.242 e. The van der Waals surface area contributed by atoms with Crippen LogP contribution < -0.4 is 14.8 Å². The fourth-order valence-corrected chi connectivity index (χ4v) is 4.01. The fourth-order valence-electron chi connectivity index (χ4n) is 3.50. The van der Waals surface area contributed by atoms with E-state index in [1.54, 1.807) is 37.3 Å². The topological polar surface area (TPSA) is 67.9 Å². The highest BCUT2D eigenvalue weighted by molar-refractivity contribution is 6.36. The Balaban J connectivity index is 2.27. The number of likely N-dealkylation sites (N-methyl/N-ethyl adjacent to an activating group) is 1. The highest BCUT2D eigenvalue weighted by Gasteiger charge is 2.29. The first-order valence-corrected chi connectivity index (χ1v) is 11.3. The minimum absolute atomic E-state index is 0.152. The number of carbonyl (C=O) groups is 2. The van der Waals surface area contributed by atoms with E-state index in [2.05, 4.69) is 5.32 Å². The maximum atomic E-state index is 13.3. The second-order valence-electron chi connectivity index (χ2n) is 7.23. The van der Waals surface area contributed by atoms with Gasteiger partial charge in [-0.1, -0.05) is 42.3 Å². The third-order valence-electron chi connectivity index (χ3n) is 5.20. The first kappa shape index (κ1) is 25.8. The zero-order valence-corrected chi connectivity index (χ0v) is 20.4. The first-order valence-electron chi connectivity index (χ1n) is 10.6. The van der Waals surface area contributed by atoms with Gasteiger partial charge in [-0.2, -0.15) is 0 Å². The Labute approximate surface area is 199 Å². The van der Waals surface area contributed by atoms with Gasteiger partial charge < -0.3 is 19.7 Å². The molecule has 2 aromatic rings. The van der Waals surface area contributed by atoms with Gasteiger partial charge in [0.25, 0.3) is 0 Å². The van der Waals surface area contributed by atoms with E-state index in [1.165, 1.54) is 0 Å². The van der Waals surface area contributed by atoms with Gasteiger partial charge in [0, 0.05) is 35.1 Å². The van der Waals surface area contributed by atoms with Crippen LogP contribution in [0.1, 0.15) is 37.8 Å². The molecule has 2 amide bonds. The van der Waals surface area contributed by atoms with Crippen molar-refractivity contribution in [2.24, 2.45) is 0 Å². The van der Waals surface area contributed by atoms with E-state index in [4.69, 9.17) is 32.7 Å². The number of methoxy groups -OCH3 is 2. The summed E-state index contributed by atoms with van der Waals surface area (Å²) in [5.41, 5.74) is 1.55. The molecule has 1 atom stereocenters. The van der Waals surface area contributed by atoms with Crippen LogP contribution in [0.3, 0.4) is 0 Å². The predicted molar refractivity (Wildman–Crippen MR) is 128 cm³/mol. The molecule has 1 unspecified atom stereocenters. The fraction of sp³-hybridized carbons (Fsp3) is 0.417. The number of amides is 2. The van der Waals surface area contributed by atoms with E-state index in [0.29, 0.717) is 46.5 Å². The van der Waals surface area contributed by atoms with E-state index in [-0.39, 0.29) is 24.8 Å². The van der Waals surface area contributed by atoms with Crippen molar-refractivity contribution in [2.75, 3.05) is 20.8 Å². The van der Waals surface area contributed by atoms with Crippen molar-refractivity contribution in [3.8, 4) is 11.5 Å². The van der Waals surface area contributed by atoms with Gasteiger partial charge in [-0.05, 0) is 49.6 Å². The normalized spacial score (nSPS) is 11.6. The minimum atomic E-state index is -0.625. The largest absolute Gasteiger partial charge is 0.493 e. The third kappa shape index (κ3) is 6.53. The van der Waals surface area contributed by atoms with E-state index < -0.39 is 6.04 Å². The lowest BCUT2D eigenvalue weighted by molar-refractivity contribution is -0.141. The number of carbonyl (C=O) groups excluding carboxylic acids is 2. The van der Waals surface area contributed by atoms with Crippen LogP contribution >= 0.6 is 23.2 Å². The molecule has 0 bridgehead atoms. The molecule has 0 radical (unpaired) electrons. The Bertz CT molecular complexity index is 916. The Morgan fingerprint density at radius 1 is 1.03 bits per heavy atom. The first-order chi connectivity index (χ1) is 15.4. The van der Waals surface area contributed by atoms with Gasteiger partial charge in [0.1, 0.15) is 6.04 Å². The van der Waals surface area contributed by atoms with Crippen LogP contribution in [-0.4, -0.2) is 43.5 Å². The van der Waals surface area contributed by atoms with E-state index in [9.17, 15) is 9.59 Å². The Morgan fingerprint density at radius 3 is 2.25 bits per heavy atom. The van der Waals surface area contributed by atoms with Crippen LogP contribution in [0.4, 0.5) is 0 Å². The zero-order chi connectivity index (χ0) is 23.7. The number of benzene rings is 2. The van der Waals surface area contributed by atoms with Crippen LogP contribution in [0.15, 0.2) is 36.4 Å². The number of hydrogen-bond acceptors (Lipinski definition) is 4. The van der Waals surface area contributed by atoms with Crippen molar-refractivity contribution in [1.82, 2.24) is 10.2 Å². The molecule has 2 aromatic carbocycles. The number of rotatable bonds is 11. The van der Waals surface area contributed by atoms with Crippen molar-refractivity contribution in [1.29, 1.82) is 0 Å². The summed E-state index contributed by atoms with van der Waals surface area (Å²) in [4.78, 5) is 27.6. The number of halogens is 2. The molecule has 1 N–H and O–H groups in total. The molecule has 0 heterocycles. The molecule has 0 fully saturated rings. The molecule has 0 aliphatic heterocycles. The molecule has 0 spiro atoms. The van der Waals surface area contributed by atoms with Gasteiger partial charge in [-0.15, -0.1) is 0 Å². The SMILES string of the molecule is CCNC(=O)C(CC)N(Cc1c(Cl)cccc1Cl)C(=O)CCc1ccc(OC)c(OC)c1. The van der Waals surface area contributed by atoms with Crippen LogP contribution in [0.25, 0.3) is 0 Å². The minimum Gasteiger partial charge on any atom is -0.493 e. The molecule has 8 heteroatoms. The molecule has 6 nitrogen and oxygen atoms in total. The monoisotopic (exact) mass is 480 g/mol. The van der Waals surface area contributed by atoms with Crippen molar-refractivity contribution in [3.05, 3.63) is 57.6 Å². The highest BCUT2D eigenvalue weighted by atomic mass is 35.5. The van der Waals surface area contributed by atoms with Crippen LogP contribution in [0, 0.1) is 0 Å². The summed E-state index contributed by atoms with van der Waals surface area (Å²) in [5.74, 6) is 0.872. The molecular weight excluding hydrogens is 451 g/mol. The average Bonchev–Trinajstić information content (AvgIpc) is 2.79. The predicted octanol–water partition coefficient (Wildman–Crippen LogP) is 4.89. The molecule has 0 saturated heterocycles. The third-order valence-corrected chi connectivity index (χ3v) is 5.91. The van der Waals surface area contributed by atoms with E-state index in [0.717, 1.165) is 5.56 Å². The molecule has 0 aliphatic rings. The highest BCUT2D eigenvalue weighted by Crippen LogP contribution is 2.29. The summed E-state index contributed by atoms with van der Waals surface area (Å²) in [7, 11) is 3.14. The molecular formula is C24H30Cl2N2O4. The lowest BCUT2D eigenvalue weighted by atomic mass is 10.1. The van der Waals surface area contributed by atoms with Gasteiger partial charge in [-0.3, -0.25) is 9.59 Å². The van der Waals surface area contributed by atoms with Crippen LogP contribution in [0.5, 0.6) is 11.5 Å². The van der Waals surface area contributed by atoms with Crippen molar-refractivity contribution >= 4 is 35.0 Å². The standard InChI is InChI=1S/C24H30Cl2N2O4/c1-5-20(24(30)27-6-2)28(15-17-18(25)8-7-9-19(17)26)23(29)13-11-16-10-12-21(31-3)22(14-16)32-4/h7-10,12,14,20H,5-6,11,13,15H2,1-4H3,(H,27,30). The maximum Gasteiger partial charge on any atom is 0.242 e. The molecule has 32 heavy (non-hydrogen) atoms. The summed E-state index contributed by atoms with van der Waals surface area (Å²) in [6, 6.07) is 10.1. The van der Waals surface area contributed by atoms with Crippen molar-refractivity contribution in [2.45, 2.75) is 45.7 Å². The van der Waals surface area contributed by atoms with Gasteiger partial charge >= 0.3 is 0 Å².